The molecule has 33 heavy (non-hydrogen) atoms. The second-order valence-electron chi connectivity index (χ2n) is 8.22. The minimum Gasteiger partial charge on any atom is -0.394 e. The van der Waals surface area contributed by atoms with Crippen LogP contribution in [0.2, 0.25) is 0 Å². The van der Waals surface area contributed by atoms with Crippen molar-refractivity contribution in [2.75, 3.05) is 26.4 Å². The fourth-order valence-corrected chi connectivity index (χ4v) is 4.00. The Kier molecular flexibility index (Phi) is 9.35. The molecule has 0 spiro atoms. The van der Waals surface area contributed by atoms with Crippen LogP contribution in [0, 0.1) is 0 Å². The Bertz CT molecular complexity index is 605. The molecule has 0 radical (unpaired) electrons. The fourth-order valence-electron chi connectivity index (χ4n) is 4.00. The summed E-state index contributed by atoms with van der Waals surface area (Å²) in [6, 6.07) is 0. The highest BCUT2D eigenvalue weighted by Gasteiger charge is 2.52. The quantitative estimate of drug-likeness (QED) is 0.160. The standard InChI is InChI=1S/C18H32O15/c19-1-6-10(24)11(25)13(27)17(30-6)33-16-8(3-21)31-18(14(28)12(16)26)32-15-7(2-20)29-4-5(22)9(15)23/h5-28H,1-4H2/t5-,6-,7-,8-,9-,10+,11+,12-,13-,14-,15-,16+,17-,18+/m1/s1. The smallest absolute Gasteiger partial charge is 0.187 e. The lowest BCUT2D eigenvalue weighted by Gasteiger charge is -2.47. The Balaban J connectivity index is 1.71. The minimum atomic E-state index is -1.84. The van der Waals surface area contributed by atoms with Crippen molar-refractivity contribution in [3.8, 4) is 0 Å². The van der Waals surface area contributed by atoms with Gasteiger partial charge in [0.05, 0.1) is 26.4 Å². The van der Waals surface area contributed by atoms with Gasteiger partial charge in [-0.2, -0.15) is 0 Å². The van der Waals surface area contributed by atoms with Crippen molar-refractivity contribution in [1.29, 1.82) is 0 Å². The SMILES string of the molecule is OC[C@H]1O[C@H](O[C@@H]2[C@H](O)[C@@H](O)[C@H](O[C@H]3[C@H](O)[C@H](O)CO[C@@H]3CO)O[C@@H]2CO)[C@H](O)[C@@H](O)[C@H]1O. The van der Waals surface area contributed by atoms with Gasteiger partial charge in [-0.15, -0.1) is 0 Å². The van der Waals surface area contributed by atoms with Crippen molar-refractivity contribution in [3.05, 3.63) is 0 Å². The van der Waals surface area contributed by atoms with Gasteiger partial charge in [0.1, 0.15) is 73.2 Å². The van der Waals surface area contributed by atoms with Crippen LogP contribution < -0.4 is 0 Å². The van der Waals surface area contributed by atoms with Gasteiger partial charge in [-0.05, 0) is 0 Å². The molecule has 3 aliphatic rings. The van der Waals surface area contributed by atoms with E-state index in [9.17, 15) is 51.1 Å². The van der Waals surface area contributed by atoms with Crippen molar-refractivity contribution in [1.82, 2.24) is 0 Å². The highest BCUT2D eigenvalue weighted by molar-refractivity contribution is 4.95. The molecule has 0 saturated carbocycles. The summed E-state index contributed by atoms with van der Waals surface area (Å²) in [5, 5.41) is 99.4. The highest BCUT2D eigenvalue weighted by atomic mass is 16.7. The second kappa shape index (κ2) is 11.4. The molecule has 194 valence electrons. The predicted molar refractivity (Wildman–Crippen MR) is 100 cm³/mol. The Hall–Kier alpha value is -0.600. The van der Waals surface area contributed by atoms with Gasteiger partial charge in [-0.1, -0.05) is 0 Å². The molecule has 0 aliphatic carbocycles. The molecule has 15 nitrogen and oxygen atoms in total. The zero-order valence-corrected chi connectivity index (χ0v) is 17.4. The van der Waals surface area contributed by atoms with Crippen LogP contribution in [-0.2, 0) is 23.7 Å². The van der Waals surface area contributed by atoms with E-state index < -0.39 is 106 Å². The first-order valence-corrected chi connectivity index (χ1v) is 10.5. The second-order valence-corrected chi connectivity index (χ2v) is 8.22. The van der Waals surface area contributed by atoms with E-state index in [0.29, 0.717) is 0 Å². The maximum atomic E-state index is 10.6. The molecule has 0 aromatic heterocycles. The van der Waals surface area contributed by atoms with Crippen LogP contribution in [0.4, 0.5) is 0 Å². The van der Waals surface area contributed by atoms with Gasteiger partial charge in [-0.3, -0.25) is 0 Å². The summed E-state index contributed by atoms with van der Waals surface area (Å²) in [5.41, 5.74) is 0. The van der Waals surface area contributed by atoms with Crippen molar-refractivity contribution in [2.45, 2.75) is 85.8 Å². The van der Waals surface area contributed by atoms with Gasteiger partial charge in [0.2, 0.25) is 0 Å². The molecule has 3 aliphatic heterocycles. The van der Waals surface area contributed by atoms with Crippen molar-refractivity contribution >= 4 is 0 Å². The molecule has 14 atom stereocenters. The van der Waals surface area contributed by atoms with Crippen LogP contribution in [0.3, 0.4) is 0 Å². The van der Waals surface area contributed by atoms with Gasteiger partial charge in [-0.25, -0.2) is 0 Å². The average molecular weight is 488 g/mol. The van der Waals surface area contributed by atoms with Crippen molar-refractivity contribution < 1.29 is 74.7 Å². The van der Waals surface area contributed by atoms with Crippen LogP contribution >= 0.6 is 0 Å². The molecule has 15 heteroatoms. The van der Waals surface area contributed by atoms with Crippen LogP contribution in [0.15, 0.2) is 0 Å². The fraction of sp³-hybridized carbons (Fsp3) is 1.00. The molecule has 0 bridgehead atoms. The summed E-state index contributed by atoms with van der Waals surface area (Å²) >= 11 is 0. The normalized spacial score (nSPS) is 51.5. The maximum Gasteiger partial charge on any atom is 0.187 e. The zero-order valence-electron chi connectivity index (χ0n) is 17.4. The van der Waals surface area contributed by atoms with Crippen LogP contribution in [0.1, 0.15) is 0 Å². The third-order valence-corrected chi connectivity index (χ3v) is 6.01. The molecule has 3 heterocycles. The summed E-state index contributed by atoms with van der Waals surface area (Å²) in [6.45, 7) is -2.36. The van der Waals surface area contributed by atoms with Gasteiger partial charge in [0.25, 0.3) is 0 Å². The largest absolute Gasteiger partial charge is 0.394 e. The third-order valence-electron chi connectivity index (χ3n) is 6.01. The van der Waals surface area contributed by atoms with Crippen LogP contribution in [0.25, 0.3) is 0 Å². The molecule has 0 aromatic carbocycles. The van der Waals surface area contributed by atoms with E-state index in [1.807, 2.05) is 0 Å². The summed E-state index contributed by atoms with van der Waals surface area (Å²) in [6.07, 6.45) is -21.7. The maximum absolute atomic E-state index is 10.6. The van der Waals surface area contributed by atoms with Gasteiger partial charge >= 0.3 is 0 Å². The van der Waals surface area contributed by atoms with E-state index in [2.05, 4.69) is 0 Å². The topological polar surface area (TPSA) is 248 Å². The molecule has 3 saturated heterocycles. The lowest BCUT2D eigenvalue weighted by atomic mass is 9.96. The molecule has 3 rings (SSSR count). The minimum absolute atomic E-state index is 0.267. The monoisotopic (exact) mass is 488 g/mol. The van der Waals surface area contributed by atoms with Crippen molar-refractivity contribution in [3.63, 3.8) is 0 Å². The summed E-state index contributed by atoms with van der Waals surface area (Å²) in [4.78, 5) is 0. The first-order chi connectivity index (χ1) is 15.6. The Morgan fingerprint density at radius 3 is 1.58 bits per heavy atom. The van der Waals surface area contributed by atoms with E-state index >= 15 is 0 Å². The third kappa shape index (κ3) is 5.48. The average Bonchev–Trinajstić information content (AvgIpc) is 2.81. The molecular weight excluding hydrogens is 456 g/mol. The molecular formula is C18H32O15. The summed E-state index contributed by atoms with van der Waals surface area (Å²) in [5.74, 6) is 0. The van der Waals surface area contributed by atoms with E-state index in [-0.39, 0.29) is 6.61 Å². The Morgan fingerprint density at radius 1 is 0.545 bits per heavy atom. The predicted octanol–water partition coefficient (Wildman–Crippen LogP) is -6.89. The van der Waals surface area contributed by atoms with Crippen LogP contribution in [0.5, 0.6) is 0 Å². The number of hydrogen-bond acceptors (Lipinski definition) is 15. The zero-order chi connectivity index (χ0) is 24.4. The van der Waals surface area contributed by atoms with E-state index in [1.54, 1.807) is 0 Å². The molecule has 10 N–H and O–H groups in total. The number of hydrogen-bond donors (Lipinski definition) is 10. The molecule has 0 amide bonds. The van der Waals surface area contributed by atoms with Gasteiger partial charge < -0.3 is 74.7 Å². The van der Waals surface area contributed by atoms with E-state index in [4.69, 9.17) is 23.7 Å². The first-order valence-electron chi connectivity index (χ1n) is 10.5. The number of rotatable bonds is 7. The van der Waals surface area contributed by atoms with E-state index in [0.717, 1.165) is 0 Å². The Morgan fingerprint density at radius 2 is 1.03 bits per heavy atom. The molecule has 0 unspecified atom stereocenters. The van der Waals surface area contributed by atoms with Gasteiger partial charge in [0, 0.05) is 0 Å². The van der Waals surface area contributed by atoms with Gasteiger partial charge in [0.15, 0.2) is 12.6 Å². The lowest BCUT2D eigenvalue weighted by molar-refractivity contribution is -0.371. The van der Waals surface area contributed by atoms with E-state index in [1.165, 1.54) is 0 Å². The molecule has 3 fully saturated rings. The summed E-state index contributed by atoms with van der Waals surface area (Å²) in [7, 11) is 0. The molecule has 0 aromatic rings. The van der Waals surface area contributed by atoms with Crippen LogP contribution in [-0.4, -0.2) is 163 Å². The number of ether oxygens (including phenoxy) is 5. The first kappa shape index (κ1) is 27.0. The lowest BCUT2D eigenvalue weighted by Crippen LogP contribution is -2.66. The number of aliphatic hydroxyl groups excluding tert-OH is 10. The number of aliphatic hydroxyl groups is 10. The highest BCUT2D eigenvalue weighted by Crippen LogP contribution is 2.31. The van der Waals surface area contributed by atoms with Crippen molar-refractivity contribution in [2.24, 2.45) is 0 Å². The summed E-state index contributed by atoms with van der Waals surface area (Å²) < 4.78 is 26.8. The Labute approximate surface area is 187 Å².